The highest BCUT2D eigenvalue weighted by Crippen LogP contribution is 2.44. The van der Waals surface area contributed by atoms with Gasteiger partial charge in [-0.05, 0) is 66.7 Å². The molecule has 114 valence electrons. The topological polar surface area (TPSA) is 12.0 Å². The minimum atomic E-state index is -0.596. The Kier molecular flexibility index (Phi) is 7.39. The third-order valence-electron chi connectivity index (χ3n) is 3.77. The molecule has 1 aromatic carbocycles. The van der Waals surface area contributed by atoms with Crippen LogP contribution in [0.3, 0.4) is 0 Å². The van der Waals surface area contributed by atoms with Crippen LogP contribution in [0.5, 0.6) is 0 Å². The molecule has 1 unspecified atom stereocenters. The summed E-state index contributed by atoms with van der Waals surface area (Å²) in [4.78, 5) is 1.48. The van der Waals surface area contributed by atoms with Gasteiger partial charge in [0.2, 0.25) is 0 Å². The van der Waals surface area contributed by atoms with E-state index in [9.17, 15) is 0 Å². The second kappa shape index (κ2) is 8.53. The number of hydrogen-bond donors (Lipinski definition) is 1. The van der Waals surface area contributed by atoms with Crippen LogP contribution in [0.15, 0.2) is 41.8 Å². The van der Waals surface area contributed by atoms with E-state index >= 15 is 0 Å². The van der Waals surface area contributed by atoms with Crippen LogP contribution in [0.4, 0.5) is 0 Å². The molecule has 1 nitrogen and oxygen atoms in total. The Bertz CT molecular complexity index is 389. The molecule has 0 aromatic heterocycles. The van der Waals surface area contributed by atoms with Gasteiger partial charge in [0, 0.05) is 6.54 Å². The first-order valence-electron chi connectivity index (χ1n) is 7.56. The van der Waals surface area contributed by atoms with Crippen LogP contribution in [0.2, 0.25) is 0 Å². The van der Waals surface area contributed by atoms with Crippen LogP contribution in [0.1, 0.15) is 31.7 Å². The van der Waals surface area contributed by atoms with Crippen molar-refractivity contribution >= 4 is 10.0 Å². The van der Waals surface area contributed by atoms with E-state index in [0.717, 1.165) is 25.4 Å². The lowest BCUT2D eigenvalue weighted by atomic mass is 9.98. The average Bonchev–Trinajstić information content (AvgIpc) is 2.42. The lowest BCUT2D eigenvalue weighted by Crippen LogP contribution is -2.17. The van der Waals surface area contributed by atoms with Gasteiger partial charge in [-0.2, -0.15) is 0 Å². The Morgan fingerprint density at radius 3 is 2.35 bits per heavy atom. The molecule has 0 aliphatic rings. The zero-order valence-corrected chi connectivity index (χ0v) is 14.4. The highest BCUT2D eigenvalue weighted by Gasteiger charge is 2.07. The smallest absolute Gasteiger partial charge is 0.0205 e. The quantitative estimate of drug-likeness (QED) is 0.508. The first-order valence-corrected chi connectivity index (χ1v) is 10.4. The Morgan fingerprint density at radius 2 is 1.85 bits per heavy atom. The standard InChI is InChI=1S/C18H31NS/c1-6-8-16(7-2)13-14-19-15-17-9-11-18(12-10-17)20(3,4)5/h6,9-12,16,19H,1,7-8,13-15H2,2-5H3. The lowest BCUT2D eigenvalue weighted by Gasteiger charge is -2.25. The predicted octanol–water partition coefficient (Wildman–Crippen LogP) is 4.82. The van der Waals surface area contributed by atoms with Crippen molar-refractivity contribution in [2.45, 2.75) is 37.6 Å². The van der Waals surface area contributed by atoms with Gasteiger partial charge < -0.3 is 5.32 Å². The first kappa shape index (κ1) is 17.3. The van der Waals surface area contributed by atoms with Crippen molar-refractivity contribution < 1.29 is 0 Å². The molecule has 2 heteroatoms. The van der Waals surface area contributed by atoms with E-state index < -0.39 is 10.0 Å². The summed E-state index contributed by atoms with van der Waals surface area (Å²) in [5.41, 5.74) is 1.38. The van der Waals surface area contributed by atoms with Crippen molar-refractivity contribution in [2.75, 3.05) is 25.3 Å². The summed E-state index contributed by atoms with van der Waals surface area (Å²) in [5.74, 6) is 0.784. The first-order chi connectivity index (χ1) is 9.47. The number of rotatable bonds is 9. The fraction of sp³-hybridized carbons (Fsp3) is 0.556. The van der Waals surface area contributed by atoms with E-state index in [0.29, 0.717) is 0 Å². The van der Waals surface area contributed by atoms with Crippen molar-refractivity contribution in [3.63, 3.8) is 0 Å². The fourth-order valence-corrected chi connectivity index (χ4v) is 3.23. The van der Waals surface area contributed by atoms with E-state index in [1.165, 1.54) is 23.3 Å². The lowest BCUT2D eigenvalue weighted by molar-refractivity contribution is 0.456. The van der Waals surface area contributed by atoms with Gasteiger partial charge >= 0.3 is 0 Å². The normalized spacial score (nSPS) is 14.0. The van der Waals surface area contributed by atoms with Crippen LogP contribution < -0.4 is 5.32 Å². The van der Waals surface area contributed by atoms with Crippen LogP contribution in [-0.2, 0) is 6.54 Å². The van der Waals surface area contributed by atoms with Crippen LogP contribution in [-0.4, -0.2) is 25.3 Å². The van der Waals surface area contributed by atoms with E-state index in [2.05, 4.69) is 61.9 Å². The number of allylic oxidation sites excluding steroid dienone is 1. The Balaban J connectivity index is 2.34. The van der Waals surface area contributed by atoms with Gasteiger partial charge in [-0.3, -0.25) is 0 Å². The SMILES string of the molecule is C=CCC(CC)CCNCc1ccc(S(C)(C)C)cc1. The molecule has 1 rings (SSSR count). The second-order valence-electron chi connectivity index (χ2n) is 6.25. The van der Waals surface area contributed by atoms with Crippen LogP contribution >= 0.6 is 10.0 Å². The van der Waals surface area contributed by atoms with E-state index in [1.54, 1.807) is 0 Å². The maximum absolute atomic E-state index is 3.83. The minimum absolute atomic E-state index is 0.596. The third kappa shape index (κ3) is 6.15. The van der Waals surface area contributed by atoms with Crippen molar-refractivity contribution in [3.8, 4) is 0 Å². The minimum Gasteiger partial charge on any atom is -0.313 e. The molecule has 0 aliphatic carbocycles. The number of nitrogens with one attached hydrogen (secondary N) is 1. The van der Waals surface area contributed by atoms with Crippen molar-refractivity contribution in [1.82, 2.24) is 5.32 Å². The molecule has 0 saturated heterocycles. The summed E-state index contributed by atoms with van der Waals surface area (Å²) in [7, 11) is -0.596. The largest absolute Gasteiger partial charge is 0.313 e. The summed E-state index contributed by atoms with van der Waals surface area (Å²) >= 11 is 0. The van der Waals surface area contributed by atoms with Crippen LogP contribution in [0, 0.1) is 5.92 Å². The van der Waals surface area contributed by atoms with Gasteiger partial charge in [0.25, 0.3) is 0 Å². The van der Waals surface area contributed by atoms with Crippen molar-refractivity contribution in [1.29, 1.82) is 0 Å². The van der Waals surface area contributed by atoms with Crippen molar-refractivity contribution in [2.24, 2.45) is 5.92 Å². The molecule has 20 heavy (non-hydrogen) atoms. The van der Waals surface area contributed by atoms with E-state index in [-0.39, 0.29) is 0 Å². The summed E-state index contributed by atoms with van der Waals surface area (Å²) in [6.45, 7) is 8.17. The molecular weight excluding hydrogens is 262 g/mol. The summed E-state index contributed by atoms with van der Waals surface area (Å²) in [6, 6.07) is 9.11. The predicted molar refractivity (Wildman–Crippen MR) is 95.0 cm³/mol. The highest BCUT2D eigenvalue weighted by atomic mass is 32.3. The molecule has 1 N–H and O–H groups in total. The molecule has 1 atom stereocenters. The summed E-state index contributed by atoms with van der Waals surface area (Å²) in [6.07, 6.45) is 12.7. The van der Waals surface area contributed by atoms with Gasteiger partial charge in [0.05, 0.1) is 0 Å². The second-order valence-corrected chi connectivity index (χ2v) is 10.4. The Labute approximate surface area is 127 Å². The third-order valence-corrected chi connectivity index (χ3v) is 5.45. The molecule has 1 aromatic rings. The molecule has 0 saturated carbocycles. The number of benzene rings is 1. The molecule has 0 fully saturated rings. The van der Waals surface area contributed by atoms with E-state index in [4.69, 9.17) is 0 Å². The summed E-state index contributed by atoms with van der Waals surface area (Å²) in [5, 5.41) is 3.56. The van der Waals surface area contributed by atoms with Crippen molar-refractivity contribution in [3.05, 3.63) is 42.5 Å². The zero-order valence-electron chi connectivity index (χ0n) is 13.6. The molecule has 0 bridgehead atoms. The molecule has 0 spiro atoms. The van der Waals surface area contributed by atoms with Gasteiger partial charge in [0.15, 0.2) is 0 Å². The summed E-state index contributed by atoms with van der Waals surface area (Å²) < 4.78 is 0. The van der Waals surface area contributed by atoms with Gasteiger partial charge in [0.1, 0.15) is 0 Å². The Morgan fingerprint density at radius 1 is 1.20 bits per heavy atom. The molecule has 0 heterocycles. The van der Waals surface area contributed by atoms with Gasteiger partial charge in [-0.25, -0.2) is 10.0 Å². The fourth-order valence-electron chi connectivity index (χ4n) is 2.28. The van der Waals surface area contributed by atoms with Crippen LogP contribution in [0.25, 0.3) is 0 Å². The van der Waals surface area contributed by atoms with Gasteiger partial charge in [-0.1, -0.05) is 31.6 Å². The molecular formula is C18H31NS. The molecule has 0 aliphatic heterocycles. The average molecular weight is 294 g/mol. The maximum Gasteiger partial charge on any atom is 0.0205 e. The maximum atomic E-state index is 3.83. The molecule has 0 radical (unpaired) electrons. The highest BCUT2D eigenvalue weighted by molar-refractivity contribution is 8.32. The number of hydrogen-bond acceptors (Lipinski definition) is 1. The van der Waals surface area contributed by atoms with E-state index in [1.807, 2.05) is 6.08 Å². The van der Waals surface area contributed by atoms with Gasteiger partial charge in [-0.15, -0.1) is 6.58 Å². The zero-order chi connectivity index (χ0) is 15.0. The molecule has 0 amide bonds. The Hall–Kier alpha value is -0.730. The monoisotopic (exact) mass is 293 g/mol.